The first-order valence-corrected chi connectivity index (χ1v) is 9.30. The van der Waals surface area contributed by atoms with Gasteiger partial charge in [0.05, 0.1) is 30.7 Å². The average Bonchev–Trinajstić information content (AvgIpc) is 3.18. The number of non-ortho nitro benzene ring substituents is 1. The van der Waals surface area contributed by atoms with Gasteiger partial charge < -0.3 is 19.1 Å². The summed E-state index contributed by atoms with van der Waals surface area (Å²) < 4.78 is 15.6. The van der Waals surface area contributed by atoms with Crippen molar-refractivity contribution in [2.45, 2.75) is 6.42 Å². The minimum atomic E-state index is -0.732. The van der Waals surface area contributed by atoms with Crippen LogP contribution in [0.25, 0.3) is 0 Å². The summed E-state index contributed by atoms with van der Waals surface area (Å²) in [6, 6.07) is 9.98. The Morgan fingerprint density at radius 3 is 2.45 bits per heavy atom. The first kappa shape index (κ1) is 21.8. The maximum Gasteiger partial charge on any atom is 0.311 e. The Bertz CT molecular complexity index is 1020. The lowest BCUT2D eigenvalue weighted by Gasteiger charge is -2.20. The molecule has 1 amide bonds. The second-order valence-corrected chi connectivity index (χ2v) is 6.78. The number of carbonyl (C=O) groups is 3. The summed E-state index contributed by atoms with van der Waals surface area (Å²) in [6.45, 7) is -0.431. The Kier molecular flexibility index (Phi) is 6.49. The lowest BCUT2D eigenvalue weighted by Crippen LogP contribution is -2.27. The number of rotatable bonds is 8. The zero-order chi connectivity index (χ0) is 22.5. The number of carbonyl (C=O) groups excluding carboxylic acids is 3. The number of nitrogens with zero attached hydrogens (tertiary/aromatic N) is 2. The van der Waals surface area contributed by atoms with Crippen LogP contribution in [0.1, 0.15) is 16.8 Å². The molecule has 10 nitrogen and oxygen atoms in total. The number of ether oxygens (including phenoxy) is 3. The molecule has 0 N–H and O–H groups in total. The van der Waals surface area contributed by atoms with E-state index in [1.165, 1.54) is 43.4 Å². The Hall–Kier alpha value is -3.95. The summed E-state index contributed by atoms with van der Waals surface area (Å²) in [7, 11) is 2.98. The highest BCUT2D eigenvalue weighted by atomic mass is 16.6. The van der Waals surface area contributed by atoms with Gasteiger partial charge in [0, 0.05) is 36.7 Å². The molecule has 0 aliphatic carbocycles. The van der Waals surface area contributed by atoms with E-state index >= 15 is 0 Å². The number of esters is 1. The number of methoxy groups -OCH3 is 2. The van der Waals surface area contributed by atoms with Crippen molar-refractivity contribution in [1.82, 2.24) is 0 Å². The second-order valence-electron chi connectivity index (χ2n) is 6.78. The van der Waals surface area contributed by atoms with E-state index in [-0.39, 0.29) is 30.1 Å². The number of hydrogen-bond donors (Lipinski definition) is 0. The number of Topliss-reactive ketones (excluding diaryl/α,β-unsaturated/α-hetero) is 1. The zero-order valence-corrected chi connectivity index (χ0v) is 16.9. The maximum absolute atomic E-state index is 12.5. The van der Waals surface area contributed by atoms with Crippen LogP contribution >= 0.6 is 0 Å². The Morgan fingerprint density at radius 2 is 1.84 bits per heavy atom. The Balaban J connectivity index is 1.61. The highest BCUT2D eigenvalue weighted by Crippen LogP contribution is 2.36. The predicted molar refractivity (Wildman–Crippen MR) is 108 cm³/mol. The van der Waals surface area contributed by atoms with E-state index in [9.17, 15) is 24.5 Å². The van der Waals surface area contributed by atoms with Crippen molar-refractivity contribution in [3.8, 4) is 11.5 Å². The third-order valence-corrected chi connectivity index (χ3v) is 4.88. The number of hydrogen-bond acceptors (Lipinski definition) is 8. The van der Waals surface area contributed by atoms with Crippen LogP contribution in [0.15, 0.2) is 42.5 Å². The fourth-order valence-corrected chi connectivity index (χ4v) is 3.21. The molecular weight excluding hydrogens is 408 g/mol. The van der Waals surface area contributed by atoms with E-state index in [1.54, 1.807) is 18.2 Å². The lowest BCUT2D eigenvalue weighted by atomic mass is 10.1. The van der Waals surface area contributed by atoms with E-state index in [4.69, 9.17) is 14.2 Å². The molecule has 1 saturated heterocycles. The molecule has 0 radical (unpaired) electrons. The van der Waals surface area contributed by atoms with E-state index in [1.807, 2.05) is 0 Å². The van der Waals surface area contributed by atoms with Gasteiger partial charge in [-0.15, -0.1) is 0 Å². The summed E-state index contributed by atoms with van der Waals surface area (Å²) in [5, 5.41) is 10.7. The highest BCUT2D eigenvalue weighted by molar-refractivity contribution is 6.01. The fraction of sp³-hybridized carbons (Fsp3) is 0.286. The van der Waals surface area contributed by atoms with Gasteiger partial charge in [0.1, 0.15) is 11.5 Å². The highest BCUT2D eigenvalue weighted by Gasteiger charge is 2.37. The van der Waals surface area contributed by atoms with Crippen LogP contribution in [0.3, 0.4) is 0 Å². The van der Waals surface area contributed by atoms with Gasteiger partial charge in [0.15, 0.2) is 12.4 Å². The lowest BCUT2D eigenvalue weighted by molar-refractivity contribution is -0.384. The standard InChI is InChI=1S/C21H20N2O8/c1-29-16-7-8-17(19(10-16)30-2)22-11-14(9-20(22)25)21(26)31-12-18(24)13-3-5-15(6-4-13)23(27)28/h3-8,10,14H,9,11-12H2,1-2H3/t14-/m1/s1. The third kappa shape index (κ3) is 4.80. The first-order chi connectivity index (χ1) is 14.8. The molecular formula is C21H20N2O8. The normalized spacial score (nSPS) is 15.5. The molecule has 0 bridgehead atoms. The van der Waals surface area contributed by atoms with Crippen LogP contribution in [0.4, 0.5) is 11.4 Å². The van der Waals surface area contributed by atoms with Gasteiger partial charge in [0.2, 0.25) is 5.91 Å². The second kappa shape index (κ2) is 9.24. The van der Waals surface area contributed by atoms with Crippen molar-refractivity contribution in [2.75, 3.05) is 32.3 Å². The topological polar surface area (TPSA) is 125 Å². The van der Waals surface area contributed by atoms with Crippen LogP contribution in [0.2, 0.25) is 0 Å². The molecule has 162 valence electrons. The van der Waals surface area contributed by atoms with E-state index in [2.05, 4.69) is 0 Å². The molecule has 0 unspecified atom stereocenters. The number of ketones is 1. The van der Waals surface area contributed by atoms with Crippen LogP contribution in [0, 0.1) is 16.0 Å². The van der Waals surface area contributed by atoms with Gasteiger partial charge in [-0.25, -0.2) is 0 Å². The van der Waals surface area contributed by atoms with Gasteiger partial charge in [-0.1, -0.05) is 0 Å². The van der Waals surface area contributed by atoms with Gasteiger partial charge in [-0.3, -0.25) is 24.5 Å². The summed E-state index contributed by atoms with van der Waals surface area (Å²) in [5.74, 6) is -1.18. The van der Waals surface area contributed by atoms with Gasteiger partial charge >= 0.3 is 5.97 Å². The van der Waals surface area contributed by atoms with Crippen LogP contribution < -0.4 is 14.4 Å². The number of nitro groups is 1. The first-order valence-electron chi connectivity index (χ1n) is 9.30. The third-order valence-electron chi connectivity index (χ3n) is 4.88. The SMILES string of the molecule is COc1ccc(N2C[C@H](C(=O)OCC(=O)c3ccc([N+](=O)[O-])cc3)CC2=O)c(OC)c1. The van der Waals surface area contributed by atoms with Gasteiger partial charge in [0.25, 0.3) is 5.69 Å². The van der Waals surface area contributed by atoms with Crippen molar-refractivity contribution in [3.63, 3.8) is 0 Å². The molecule has 0 saturated carbocycles. The number of nitro benzene ring substituents is 1. The summed E-state index contributed by atoms with van der Waals surface area (Å²) in [6.07, 6.45) is -0.0558. The van der Waals surface area contributed by atoms with Crippen LogP contribution in [0.5, 0.6) is 11.5 Å². The van der Waals surface area contributed by atoms with Crippen molar-refractivity contribution in [3.05, 3.63) is 58.1 Å². The van der Waals surface area contributed by atoms with Gasteiger partial charge in [-0.2, -0.15) is 0 Å². The molecule has 0 aromatic heterocycles. The minimum absolute atomic E-state index is 0.0558. The van der Waals surface area contributed by atoms with Crippen molar-refractivity contribution in [1.29, 1.82) is 0 Å². The van der Waals surface area contributed by atoms with Crippen molar-refractivity contribution >= 4 is 29.0 Å². The summed E-state index contributed by atoms with van der Waals surface area (Å²) >= 11 is 0. The molecule has 3 rings (SSSR count). The number of anilines is 1. The smallest absolute Gasteiger partial charge is 0.311 e. The Morgan fingerprint density at radius 1 is 1.13 bits per heavy atom. The molecule has 2 aromatic carbocycles. The molecule has 0 spiro atoms. The molecule has 1 aliphatic heterocycles. The van der Waals surface area contributed by atoms with Crippen LogP contribution in [-0.2, 0) is 14.3 Å². The molecule has 1 atom stereocenters. The minimum Gasteiger partial charge on any atom is -0.497 e. The average molecular weight is 428 g/mol. The number of amides is 1. The maximum atomic E-state index is 12.5. The zero-order valence-electron chi connectivity index (χ0n) is 16.9. The molecule has 10 heteroatoms. The molecule has 2 aromatic rings. The van der Waals surface area contributed by atoms with Crippen molar-refractivity contribution in [2.24, 2.45) is 5.92 Å². The Labute approximate surface area is 177 Å². The summed E-state index contributed by atoms with van der Waals surface area (Å²) in [4.78, 5) is 48.6. The van der Waals surface area contributed by atoms with E-state index < -0.39 is 29.2 Å². The number of benzene rings is 2. The summed E-state index contributed by atoms with van der Waals surface area (Å²) in [5.41, 5.74) is 0.545. The fourth-order valence-electron chi connectivity index (χ4n) is 3.21. The predicted octanol–water partition coefficient (Wildman–Crippen LogP) is 2.39. The molecule has 1 heterocycles. The van der Waals surface area contributed by atoms with Crippen molar-refractivity contribution < 1.29 is 33.5 Å². The molecule has 31 heavy (non-hydrogen) atoms. The van der Waals surface area contributed by atoms with Gasteiger partial charge in [-0.05, 0) is 24.3 Å². The van der Waals surface area contributed by atoms with E-state index in [0.717, 1.165) is 0 Å². The quantitative estimate of drug-likeness (QED) is 0.272. The van der Waals surface area contributed by atoms with E-state index in [0.29, 0.717) is 17.2 Å². The largest absolute Gasteiger partial charge is 0.497 e. The molecule has 1 fully saturated rings. The van der Waals surface area contributed by atoms with Crippen LogP contribution in [-0.4, -0.2) is 50.0 Å². The monoisotopic (exact) mass is 428 g/mol. The molecule has 1 aliphatic rings.